The molecule has 16 heavy (non-hydrogen) atoms. The zero-order valence-corrected chi connectivity index (χ0v) is 9.31. The van der Waals surface area contributed by atoms with Crippen molar-refractivity contribution in [3.8, 4) is 0 Å². The van der Waals surface area contributed by atoms with E-state index in [9.17, 15) is 4.79 Å². The second-order valence-corrected chi connectivity index (χ2v) is 4.00. The first-order chi connectivity index (χ1) is 7.68. The van der Waals surface area contributed by atoms with Gasteiger partial charge in [0.1, 0.15) is 0 Å². The fraction of sp³-hybridized carbons (Fsp3) is 0.308. The van der Waals surface area contributed by atoms with Crippen LogP contribution >= 0.6 is 0 Å². The monoisotopic (exact) mass is 217 g/mol. The topological polar surface area (TPSA) is 42.2 Å². The molecule has 1 aromatic rings. The molecule has 0 amide bonds. The molecule has 0 aromatic carbocycles. The Morgan fingerprint density at radius 3 is 2.94 bits per heavy atom. The van der Waals surface area contributed by atoms with Gasteiger partial charge in [0.25, 0.3) is 0 Å². The summed E-state index contributed by atoms with van der Waals surface area (Å²) in [5.41, 5.74) is 3.44. The first kappa shape index (κ1) is 10.7. The van der Waals surface area contributed by atoms with Crippen molar-refractivity contribution in [3.63, 3.8) is 0 Å². The molecule has 3 nitrogen and oxygen atoms in total. The molecule has 1 N–H and O–H groups in total. The van der Waals surface area contributed by atoms with E-state index in [2.05, 4.69) is 28.9 Å². The van der Waals surface area contributed by atoms with E-state index in [0.717, 1.165) is 23.2 Å². The van der Waals surface area contributed by atoms with Gasteiger partial charge in [0.2, 0.25) is 0 Å². The molecule has 0 atom stereocenters. The van der Waals surface area contributed by atoms with E-state index in [1.807, 2.05) is 13.2 Å². The molecule has 0 saturated heterocycles. The number of allylic oxidation sites excluding steroid dienone is 2. The summed E-state index contributed by atoms with van der Waals surface area (Å²) in [7, 11) is 1.99. The second kappa shape index (κ2) is 4.39. The Hall–Kier alpha value is -1.77. The van der Waals surface area contributed by atoms with Crippen molar-refractivity contribution >= 4 is 18.1 Å². The number of aliphatic carboxylic acids is 1. The normalized spacial score (nSPS) is 13.6. The van der Waals surface area contributed by atoms with Crippen LogP contribution in [-0.2, 0) is 18.3 Å². The summed E-state index contributed by atoms with van der Waals surface area (Å²) >= 11 is 0. The van der Waals surface area contributed by atoms with Gasteiger partial charge in [0.05, 0.1) is 0 Å². The third kappa shape index (κ3) is 2.08. The molecule has 0 unspecified atom stereocenters. The van der Waals surface area contributed by atoms with Gasteiger partial charge < -0.3 is 9.67 Å². The van der Waals surface area contributed by atoms with E-state index in [0.29, 0.717) is 6.42 Å². The molecule has 0 radical (unpaired) electrons. The summed E-state index contributed by atoms with van der Waals surface area (Å²) < 4.78 is 2.05. The quantitative estimate of drug-likeness (QED) is 0.845. The van der Waals surface area contributed by atoms with E-state index in [4.69, 9.17) is 5.11 Å². The highest BCUT2D eigenvalue weighted by Crippen LogP contribution is 2.23. The zero-order valence-electron chi connectivity index (χ0n) is 9.31. The first-order valence-electron chi connectivity index (χ1n) is 5.41. The summed E-state index contributed by atoms with van der Waals surface area (Å²) in [5.74, 6) is -0.745. The standard InChI is InChI=1S/C13H15NO2/c1-14-9-10(7-8-13(15)16)11-5-3-2-4-6-12(11)14/h3-6,9H,2,7-8H2,1H3,(H,15,16). The number of hydrogen-bond acceptors (Lipinski definition) is 1. The molecule has 0 aliphatic heterocycles. The molecule has 0 spiro atoms. The maximum absolute atomic E-state index is 10.6. The first-order valence-corrected chi connectivity index (χ1v) is 5.41. The summed E-state index contributed by atoms with van der Waals surface area (Å²) in [6, 6.07) is 0. The van der Waals surface area contributed by atoms with Crippen LogP contribution in [0.2, 0.25) is 0 Å². The van der Waals surface area contributed by atoms with Crippen LogP contribution < -0.4 is 0 Å². The Kier molecular flexibility index (Phi) is 2.95. The Bertz CT molecular complexity index is 467. The highest BCUT2D eigenvalue weighted by Gasteiger charge is 2.11. The van der Waals surface area contributed by atoms with Crippen molar-refractivity contribution in [3.05, 3.63) is 35.2 Å². The molecule has 1 heterocycles. The van der Waals surface area contributed by atoms with Crippen molar-refractivity contribution in [1.82, 2.24) is 4.57 Å². The van der Waals surface area contributed by atoms with Crippen LogP contribution in [0.1, 0.15) is 29.7 Å². The van der Waals surface area contributed by atoms with Crippen LogP contribution in [0.25, 0.3) is 12.2 Å². The molecule has 0 bridgehead atoms. The summed E-state index contributed by atoms with van der Waals surface area (Å²) in [4.78, 5) is 10.6. The predicted octanol–water partition coefficient (Wildman–Crippen LogP) is 2.47. The van der Waals surface area contributed by atoms with Crippen LogP contribution in [0, 0.1) is 0 Å². The van der Waals surface area contributed by atoms with Gasteiger partial charge in [-0.25, -0.2) is 0 Å². The fourth-order valence-corrected chi connectivity index (χ4v) is 2.01. The Balaban J connectivity index is 2.33. The molecule has 1 aliphatic rings. The number of rotatable bonds is 3. The Labute approximate surface area is 94.7 Å². The molecule has 84 valence electrons. The van der Waals surface area contributed by atoms with E-state index < -0.39 is 5.97 Å². The molecule has 3 heteroatoms. The van der Waals surface area contributed by atoms with Crippen LogP contribution in [0.5, 0.6) is 0 Å². The van der Waals surface area contributed by atoms with Gasteiger partial charge in [-0.05, 0) is 24.5 Å². The van der Waals surface area contributed by atoms with Crippen LogP contribution in [0.3, 0.4) is 0 Å². The number of carboxylic acid groups (broad SMARTS) is 1. The van der Waals surface area contributed by atoms with Gasteiger partial charge in [-0.15, -0.1) is 0 Å². The smallest absolute Gasteiger partial charge is 0.303 e. The number of aromatic nitrogens is 1. The fourth-order valence-electron chi connectivity index (χ4n) is 2.01. The molecule has 0 fully saturated rings. The second-order valence-electron chi connectivity index (χ2n) is 4.00. The lowest BCUT2D eigenvalue weighted by Crippen LogP contribution is -1.97. The van der Waals surface area contributed by atoms with Crippen molar-refractivity contribution in [2.75, 3.05) is 0 Å². The average molecular weight is 217 g/mol. The van der Waals surface area contributed by atoms with Gasteiger partial charge in [-0.2, -0.15) is 0 Å². The van der Waals surface area contributed by atoms with E-state index in [1.54, 1.807) is 0 Å². The Morgan fingerprint density at radius 1 is 1.44 bits per heavy atom. The number of fused-ring (bicyclic) bond motifs is 1. The molecule has 0 saturated carbocycles. The molecule has 2 rings (SSSR count). The molecular weight excluding hydrogens is 202 g/mol. The van der Waals surface area contributed by atoms with E-state index in [1.165, 1.54) is 0 Å². The highest BCUT2D eigenvalue weighted by atomic mass is 16.4. The van der Waals surface area contributed by atoms with Crippen molar-refractivity contribution in [1.29, 1.82) is 0 Å². The van der Waals surface area contributed by atoms with Crippen molar-refractivity contribution in [2.45, 2.75) is 19.3 Å². The lowest BCUT2D eigenvalue weighted by Gasteiger charge is -1.98. The van der Waals surface area contributed by atoms with Crippen molar-refractivity contribution in [2.24, 2.45) is 7.05 Å². The average Bonchev–Trinajstić information content (AvgIpc) is 2.43. The number of carboxylic acids is 1. The maximum Gasteiger partial charge on any atom is 0.303 e. The largest absolute Gasteiger partial charge is 0.481 e. The van der Waals surface area contributed by atoms with E-state index >= 15 is 0 Å². The van der Waals surface area contributed by atoms with Crippen LogP contribution in [-0.4, -0.2) is 15.6 Å². The lowest BCUT2D eigenvalue weighted by atomic mass is 10.1. The van der Waals surface area contributed by atoms with Gasteiger partial charge in [-0.1, -0.05) is 18.2 Å². The maximum atomic E-state index is 10.6. The third-order valence-electron chi connectivity index (χ3n) is 2.79. The number of carbonyl (C=O) groups is 1. The number of nitrogens with zero attached hydrogens (tertiary/aromatic N) is 1. The lowest BCUT2D eigenvalue weighted by molar-refractivity contribution is -0.136. The highest BCUT2D eigenvalue weighted by molar-refractivity contribution is 5.70. The summed E-state index contributed by atoms with van der Waals surface area (Å²) in [6.45, 7) is 0. The van der Waals surface area contributed by atoms with E-state index in [-0.39, 0.29) is 6.42 Å². The predicted molar refractivity (Wildman–Crippen MR) is 64.1 cm³/mol. The molecular formula is C13H15NO2. The van der Waals surface area contributed by atoms with Gasteiger partial charge in [-0.3, -0.25) is 4.79 Å². The SMILES string of the molecule is Cn1cc(CCC(=O)O)c2c1C=CCC=C2. The minimum atomic E-state index is -0.745. The minimum absolute atomic E-state index is 0.188. The molecule has 1 aromatic heterocycles. The third-order valence-corrected chi connectivity index (χ3v) is 2.79. The van der Waals surface area contributed by atoms with Gasteiger partial charge in [0, 0.05) is 30.9 Å². The molecule has 1 aliphatic carbocycles. The van der Waals surface area contributed by atoms with Crippen LogP contribution in [0.4, 0.5) is 0 Å². The van der Waals surface area contributed by atoms with Crippen molar-refractivity contribution < 1.29 is 9.90 Å². The zero-order chi connectivity index (χ0) is 11.5. The number of aryl methyl sites for hydroxylation is 2. The van der Waals surface area contributed by atoms with Gasteiger partial charge in [0.15, 0.2) is 0 Å². The van der Waals surface area contributed by atoms with Gasteiger partial charge >= 0.3 is 5.97 Å². The summed E-state index contributed by atoms with van der Waals surface area (Å²) in [6.07, 6.45) is 12.1. The van der Waals surface area contributed by atoms with Crippen LogP contribution in [0.15, 0.2) is 18.3 Å². The summed E-state index contributed by atoms with van der Waals surface area (Å²) in [5, 5.41) is 8.70. The number of hydrogen-bond donors (Lipinski definition) is 1. The Morgan fingerprint density at radius 2 is 2.19 bits per heavy atom. The minimum Gasteiger partial charge on any atom is -0.481 e.